The second kappa shape index (κ2) is 76.8. The maximum atomic E-state index is 13.1. The number of esters is 4. The van der Waals surface area contributed by atoms with E-state index in [2.05, 4.69) is 34.6 Å². The van der Waals surface area contributed by atoms with Crippen LogP contribution in [0.25, 0.3) is 0 Å². The van der Waals surface area contributed by atoms with E-state index in [1.165, 1.54) is 276 Å². The third-order valence-corrected chi connectivity index (χ3v) is 21.7. The molecule has 0 fully saturated rings. The van der Waals surface area contributed by atoms with Crippen molar-refractivity contribution in [1.82, 2.24) is 0 Å². The first-order valence-electron chi connectivity index (χ1n) is 43.6. The number of aliphatic hydroxyl groups is 1. The molecule has 0 aromatic heterocycles. The van der Waals surface area contributed by atoms with Crippen LogP contribution in [0.15, 0.2) is 0 Å². The molecule has 19 heteroatoms. The van der Waals surface area contributed by atoms with Crippen molar-refractivity contribution in [2.24, 2.45) is 5.92 Å². The van der Waals surface area contributed by atoms with Crippen LogP contribution in [0.2, 0.25) is 0 Å². The summed E-state index contributed by atoms with van der Waals surface area (Å²) in [5.41, 5.74) is 0. The van der Waals surface area contributed by atoms with Gasteiger partial charge in [0.2, 0.25) is 0 Å². The number of carbonyl (C=O) groups excluding carboxylic acids is 4. The number of aliphatic hydroxyl groups excluding tert-OH is 1. The van der Waals surface area contributed by atoms with Crippen molar-refractivity contribution in [3.8, 4) is 0 Å². The van der Waals surface area contributed by atoms with E-state index in [9.17, 15) is 43.2 Å². The van der Waals surface area contributed by atoms with Gasteiger partial charge in [0.05, 0.1) is 26.4 Å². The number of carbonyl (C=O) groups is 4. The summed E-state index contributed by atoms with van der Waals surface area (Å²) in [6.45, 7) is 7.34. The summed E-state index contributed by atoms with van der Waals surface area (Å²) >= 11 is 0. The van der Waals surface area contributed by atoms with Crippen LogP contribution in [0.1, 0.15) is 452 Å². The zero-order valence-electron chi connectivity index (χ0n) is 67.5. The Morgan fingerprint density at radius 2 is 0.447 bits per heavy atom. The Labute approximate surface area is 632 Å². The SMILES string of the molecule is CCCCCCCCCCCCCCCCCCCCCC(=O)O[C@H](COC(=O)CCCCCCCCCCCCCCCCCCCC)COP(=O)(O)OC[C@@H](O)COP(=O)(O)OC[C@@H](COC(=O)CCCCCCCCCCCC(C)C)OC(=O)CCCCCCCCCCCCCCCC. The molecule has 0 radical (unpaired) electrons. The van der Waals surface area contributed by atoms with Gasteiger partial charge in [-0.15, -0.1) is 0 Å². The number of hydrogen-bond donors (Lipinski definition) is 3. The van der Waals surface area contributed by atoms with Crippen LogP contribution in [0.5, 0.6) is 0 Å². The summed E-state index contributed by atoms with van der Waals surface area (Å²) in [5.74, 6) is -1.36. The fourth-order valence-electron chi connectivity index (χ4n) is 13.1. The second-order valence-electron chi connectivity index (χ2n) is 30.7. The maximum absolute atomic E-state index is 13.1. The Morgan fingerprint density at radius 3 is 0.660 bits per heavy atom. The average Bonchev–Trinajstić information content (AvgIpc) is 0.912. The molecule has 3 N–H and O–H groups in total. The summed E-state index contributed by atoms with van der Waals surface area (Å²) in [6.07, 6.45) is 69.4. The largest absolute Gasteiger partial charge is 0.472 e. The molecule has 0 bridgehead atoms. The van der Waals surface area contributed by atoms with Crippen LogP contribution in [0.3, 0.4) is 0 Å². The lowest BCUT2D eigenvalue weighted by Crippen LogP contribution is -2.30. The van der Waals surface area contributed by atoms with Gasteiger partial charge in [0, 0.05) is 25.7 Å². The van der Waals surface area contributed by atoms with E-state index in [-0.39, 0.29) is 25.7 Å². The van der Waals surface area contributed by atoms with Gasteiger partial charge >= 0.3 is 39.5 Å². The highest BCUT2D eigenvalue weighted by Gasteiger charge is 2.30. The Balaban J connectivity index is 5.25. The van der Waals surface area contributed by atoms with Crippen LogP contribution in [-0.4, -0.2) is 96.7 Å². The lowest BCUT2D eigenvalue weighted by Gasteiger charge is -2.21. The first kappa shape index (κ1) is 101. The molecule has 0 saturated carbocycles. The van der Waals surface area contributed by atoms with Crippen molar-refractivity contribution in [3.05, 3.63) is 0 Å². The number of phosphoric ester groups is 2. The van der Waals surface area contributed by atoms with E-state index >= 15 is 0 Å². The monoisotopic (exact) mass is 1510 g/mol. The van der Waals surface area contributed by atoms with Gasteiger partial charge in [-0.1, -0.05) is 401 Å². The van der Waals surface area contributed by atoms with Crippen molar-refractivity contribution >= 4 is 39.5 Å². The van der Waals surface area contributed by atoms with Gasteiger partial charge in [0.1, 0.15) is 19.3 Å². The van der Waals surface area contributed by atoms with Crippen LogP contribution in [0.4, 0.5) is 0 Å². The number of hydrogen-bond acceptors (Lipinski definition) is 15. The van der Waals surface area contributed by atoms with Gasteiger partial charge in [0.15, 0.2) is 12.2 Å². The Kier molecular flexibility index (Phi) is 75.4. The van der Waals surface area contributed by atoms with E-state index in [0.717, 1.165) is 95.8 Å². The highest BCUT2D eigenvalue weighted by atomic mass is 31.2. The molecule has 2 unspecified atom stereocenters. The standard InChI is InChI=1S/C84H164O17P2/c1-6-9-12-15-18-21-24-27-30-32-34-36-38-41-44-49-55-60-65-70-84(89)100-79(73-94-81(86)67-62-57-52-47-42-40-37-35-33-31-28-25-22-19-16-13-10-7-2)75-98-102(90,91)96-71-78(85)72-97-103(92,93)99-76-80(74-95-82(87)68-63-58-53-50-45-46-51-56-61-66-77(4)5)101-83(88)69-64-59-54-48-43-39-29-26-23-20-17-14-11-8-3/h77-80,85H,6-76H2,1-5H3,(H,90,91)(H,92,93)/t78-,79-,80-/m1/s1. The summed E-state index contributed by atoms with van der Waals surface area (Å²) in [4.78, 5) is 73.2. The first-order valence-corrected chi connectivity index (χ1v) is 46.6. The summed E-state index contributed by atoms with van der Waals surface area (Å²) < 4.78 is 68.9. The average molecular weight is 1510 g/mol. The molecule has 0 aliphatic rings. The van der Waals surface area contributed by atoms with Gasteiger partial charge in [-0.2, -0.15) is 0 Å². The van der Waals surface area contributed by atoms with E-state index in [1.54, 1.807) is 0 Å². The summed E-state index contributed by atoms with van der Waals surface area (Å²) in [7, 11) is -9.92. The van der Waals surface area contributed by atoms with Crippen LogP contribution >= 0.6 is 15.6 Å². The van der Waals surface area contributed by atoms with E-state index in [1.807, 2.05) is 0 Å². The molecule has 0 rings (SSSR count). The predicted octanol–water partition coefficient (Wildman–Crippen LogP) is 25.6. The van der Waals surface area contributed by atoms with Gasteiger partial charge in [-0.05, 0) is 31.6 Å². The number of unbranched alkanes of at least 4 members (excludes halogenated alkanes) is 56. The fourth-order valence-corrected chi connectivity index (χ4v) is 14.7. The molecule has 612 valence electrons. The van der Waals surface area contributed by atoms with Gasteiger partial charge in [-0.25, -0.2) is 9.13 Å². The topological polar surface area (TPSA) is 237 Å². The molecule has 0 aromatic carbocycles. The highest BCUT2D eigenvalue weighted by Crippen LogP contribution is 2.45. The molecular weight excluding hydrogens is 1340 g/mol. The zero-order valence-corrected chi connectivity index (χ0v) is 69.3. The number of phosphoric acid groups is 2. The van der Waals surface area contributed by atoms with Gasteiger partial charge in [-0.3, -0.25) is 37.3 Å². The molecule has 5 atom stereocenters. The molecule has 0 aliphatic carbocycles. The van der Waals surface area contributed by atoms with Crippen molar-refractivity contribution in [2.45, 2.75) is 470 Å². The van der Waals surface area contributed by atoms with E-state index in [4.69, 9.17) is 37.0 Å². The molecule has 0 heterocycles. The number of rotatable bonds is 84. The number of ether oxygens (including phenoxy) is 4. The minimum Gasteiger partial charge on any atom is -0.462 e. The van der Waals surface area contributed by atoms with Gasteiger partial charge in [0.25, 0.3) is 0 Å². The van der Waals surface area contributed by atoms with Crippen LogP contribution in [0, 0.1) is 5.92 Å². The minimum atomic E-state index is -4.96. The van der Waals surface area contributed by atoms with Crippen molar-refractivity contribution in [3.63, 3.8) is 0 Å². The highest BCUT2D eigenvalue weighted by molar-refractivity contribution is 7.47. The minimum absolute atomic E-state index is 0.108. The molecule has 0 amide bonds. The molecule has 17 nitrogen and oxygen atoms in total. The van der Waals surface area contributed by atoms with Crippen LogP contribution in [-0.2, 0) is 65.4 Å². The normalized spacial score (nSPS) is 13.8. The Morgan fingerprint density at radius 1 is 0.262 bits per heavy atom. The van der Waals surface area contributed by atoms with Crippen LogP contribution < -0.4 is 0 Å². The predicted molar refractivity (Wildman–Crippen MR) is 423 cm³/mol. The molecule has 0 aromatic rings. The third kappa shape index (κ3) is 78.0. The quantitative estimate of drug-likeness (QED) is 0.0222. The molecular formula is C84H164O17P2. The zero-order chi connectivity index (χ0) is 75.5. The summed E-state index contributed by atoms with van der Waals surface area (Å²) in [6, 6.07) is 0. The molecule has 0 aliphatic heterocycles. The lowest BCUT2D eigenvalue weighted by atomic mass is 10.0. The van der Waals surface area contributed by atoms with Crippen molar-refractivity contribution < 1.29 is 80.2 Å². The van der Waals surface area contributed by atoms with Crippen molar-refractivity contribution in [2.75, 3.05) is 39.6 Å². The smallest absolute Gasteiger partial charge is 0.462 e. The van der Waals surface area contributed by atoms with Gasteiger partial charge < -0.3 is 33.8 Å². The third-order valence-electron chi connectivity index (χ3n) is 19.8. The Hall–Kier alpha value is -1.94. The Bertz CT molecular complexity index is 1960. The molecule has 0 spiro atoms. The summed E-state index contributed by atoms with van der Waals surface area (Å²) in [5, 5.41) is 10.7. The van der Waals surface area contributed by atoms with E-state index in [0.29, 0.717) is 25.7 Å². The fraction of sp³-hybridized carbons (Fsp3) is 0.952. The lowest BCUT2D eigenvalue weighted by molar-refractivity contribution is -0.161. The first-order chi connectivity index (χ1) is 50.0. The van der Waals surface area contributed by atoms with Crippen molar-refractivity contribution in [1.29, 1.82) is 0 Å². The second-order valence-corrected chi connectivity index (χ2v) is 33.6. The molecule has 0 saturated heterocycles. The van der Waals surface area contributed by atoms with E-state index < -0.39 is 97.5 Å². The molecule has 103 heavy (non-hydrogen) atoms. The maximum Gasteiger partial charge on any atom is 0.472 e.